The molecule has 0 spiro atoms. The van der Waals surface area contributed by atoms with Gasteiger partial charge in [-0.05, 0) is 37.5 Å². The van der Waals surface area contributed by atoms with Crippen molar-refractivity contribution in [3.05, 3.63) is 23.8 Å². The molecule has 0 bridgehead atoms. The molecular formula is C12H15F3N2. The highest BCUT2D eigenvalue weighted by atomic mass is 19.4. The fourth-order valence-corrected chi connectivity index (χ4v) is 1.89. The first-order valence-electron chi connectivity index (χ1n) is 5.56. The normalized spacial score (nSPS) is 16.0. The summed E-state index contributed by atoms with van der Waals surface area (Å²) in [5.41, 5.74) is 7.60. The van der Waals surface area contributed by atoms with Crippen LogP contribution in [0.4, 0.5) is 24.5 Å². The van der Waals surface area contributed by atoms with Crippen molar-refractivity contribution in [2.75, 3.05) is 17.2 Å². The van der Waals surface area contributed by atoms with Gasteiger partial charge in [0.1, 0.15) is 6.54 Å². The maximum absolute atomic E-state index is 12.5. The molecule has 2 N–H and O–H groups in total. The molecule has 0 radical (unpaired) electrons. The molecule has 0 atom stereocenters. The molecule has 1 aromatic rings. The fourth-order valence-electron chi connectivity index (χ4n) is 1.89. The van der Waals surface area contributed by atoms with E-state index in [4.69, 9.17) is 5.73 Å². The Morgan fingerprint density at radius 2 is 2.00 bits per heavy atom. The van der Waals surface area contributed by atoms with Gasteiger partial charge in [0, 0.05) is 6.04 Å². The molecule has 1 saturated carbocycles. The molecule has 0 amide bonds. The minimum Gasteiger partial charge on any atom is -0.397 e. The number of halogens is 3. The zero-order valence-electron chi connectivity index (χ0n) is 9.59. The van der Waals surface area contributed by atoms with Gasteiger partial charge < -0.3 is 10.6 Å². The molecule has 1 aliphatic rings. The molecule has 94 valence electrons. The number of alkyl halides is 3. The van der Waals surface area contributed by atoms with E-state index in [9.17, 15) is 13.2 Å². The number of aryl methyl sites for hydroxylation is 1. The van der Waals surface area contributed by atoms with Crippen molar-refractivity contribution in [1.29, 1.82) is 0 Å². The van der Waals surface area contributed by atoms with Crippen molar-refractivity contribution < 1.29 is 13.2 Å². The van der Waals surface area contributed by atoms with Gasteiger partial charge in [0.25, 0.3) is 0 Å². The second kappa shape index (κ2) is 4.13. The summed E-state index contributed by atoms with van der Waals surface area (Å²) in [6.07, 6.45) is -2.58. The van der Waals surface area contributed by atoms with E-state index in [0.717, 1.165) is 18.4 Å². The molecule has 0 unspecified atom stereocenters. The fraction of sp³-hybridized carbons (Fsp3) is 0.500. The average molecular weight is 244 g/mol. The summed E-state index contributed by atoms with van der Waals surface area (Å²) in [5.74, 6) is 0. The van der Waals surface area contributed by atoms with E-state index in [1.807, 2.05) is 6.92 Å². The van der Waals surface area contributed by atoms with Gasteiger partial charge in [0.2, 0.25) is 0 Å². The van der Waals surface area contributed by atoms with Crippen LogP contribution in [0.25, 0.3) is 0 Å². The van der Waals surface area contributed by atoms with Gasteiger partial charge in [0.15, 0.2) is 0 Å². The number of hydrogen-bond acceptors (Lipinski definition) is 2. The summed E-state index contributed by atoms with van der Waals surface area (Å²) in [6.45, 7) is 0.924. The molecule has 1 aromatic carbocycles. The van der Waals surface area contributed by atoms with Crippen LogP contribution in [0.3, 0.4) is 0 Å². The van der Waals surface area contributed by atoms with Crippen molar-refractivity contribution in [3.63, 3.8) is 0 Å². The highest BCUT2D eigenvalue weighted by Crippen LogP contribution is 2.37. The van der Waals surface area contributed by atoms with E-state index in [2.05, 4.69) is 0 Å². The summed E-state index contributed by atoms with van der Waals surface area (Å²) in [4.78, 5) is 1.38. The van der Waals surface area contributed by atoms with Crippen molar-refractivity contribution >= 4 is 11.4 Å². The van der Waals surface area contributed by atoms with Crippen LogP contribution in [0.15, 0.2) is 18.2 Å². The zero-order chi connectivity index (χ0) is 12.6. The molecule has 2 rings (SSSR count). The van der Waals surface area contributed by atoms with Crippen molar-refractivity contribution in [2.24, 2.45) is 0 Å². The molecule has 17 heavy (non-hydrogen) atoms. The zero-order valence-corrected chi connectivity index (χ0v) is 9.59. The third-order valence-electron chi connectivity index (χ3n) is 2.83. The Bertz CT molecular complexity index is 411. The number of hydrogen-bond donors (Lipinski definition) is 1. The predicted molar refractivity (Wildman–Crippen MR) is 62.0 cm³/mol. The largest absolute Gasteiger partial charge is 0.405 e. The topological polar surface area (TPSA) is 29.3 Å². The molecule has 0 heterocycles. The lowest BCUT2D eigenvalue weighted by Crippen LogP contribution is -2.36. The van der Waals surface area contributed by atoms with Crippen LogP contribution >= 0.6 is 0 Å². The second-order valence-electron chi connectivity index (χ2n) is 4.54. The number of nitrogens with two attached hydrogens (primary N) is 1. The van der Waals surface area contributed by atoms with Crippen LogP contribution in [0.5, 0.6) is 0 Å². The van der Waals surface area contributed by atoms with Gasteiger partial charge in [-0.1, -0.05) is 6.07 Å². The highest BCUT2D eigenvalue weighted by molar-refractivity contribution is 5.69. The third-order valence-corrected chi connectivity index (χ3v) is 2.83. The van der Waals surface area contributed by atoms with E-state index in [1.54, 1.807) is 18.2 Å². The summed E-state index contributed by atoms with van der Waals surface area (Å²) in [5, 5.41) is 0. The highest BCUT2D eigenvalue weighted by Gasteiger charge is 2.38. The first kappa shape index (κ1) is 12.1. The summed E-state index contributed by atoms with van der Waals surface area (Å²) in [7, 11) is 0. The summed E-state index contributed by atoms with van der Waals surface area (Å²) >= 11 is 0. The summed E-state index contributed by atoms with van der Waals surface area (Å²) in [6, 6.07) is 5.17. The molecule has 1 fully saturated rings. The molecule has 0 aromatic heterocycles. The van der Waals surface area contributed by atoms with E-state index in [1.165, 1.54) is 4.90 Å². The minimum atomic E-state index is -4.20. The predicted octanol–water partition coefficient (Wildman–Crippen LogP) is 3.11. The van der Waals surface area contributed by atoms with Gasteiger partial charge in [-0.3, -0.25) is 0 Å². The maximum atomic E-state index is 12.5. The molecule has 0 saturated heterocycles. The third kappa shape index (κ3) is 3.05. The van der Waals surface area contributed by atoms with E-state index in [-0.39, 0.29) is 6.04 Å². The second-order valence-corrected chi connectivity index (χ2v) is 4.54. The molecule has 0 aliphatic heterocycles. The first-order chi connectivity index (χ1) is 7.87. The lowest BCUT2D eigenvalue weighted by atomic mass is 10.1. The Kier molecular flexibility index (Phi) is 2.93. The smallest absolute Gasteiger partial charge is 0.397 e. The van der Waals surface area contributed by atoms with E-state index < -0.39 is 12.7 Å². The van der Waals surface area contributed by atoms with Crippen LogP contribution in [-0.4, -0.2) is 18.8 Å². The van der Waals surface area contributed by atoms with Crippen LogP contribution in [0, 0.1) is 6.92 Å². The lowest BCUT2D eigenvalue weighted by Gasteiger charge is -2.27. The van der Waals surface area contributed by atoms with Gasteiger partial charge >= 0.3 is 6.18 Å². The Morgan fingerprint density at radius 1 is 1.35 bits per heavy atom. The number of anilines is 2. The standard InChI is InChI=1S/C12H15F3N2/c1-8-2-5-10(16)11(6-8)17(9-3-4-9)7-12(13,14)15/h2,5-6,9H,3-4,7,16H2,1H3. The first-order valence-corrected chi connectivity index (χ1v) is 5.56. The average Bonchev–Trinajstić information content (AvgIpc) is 3.00. The molecule has 5 heteroatoms. The number of nitrogen functional groups attached to an aromatic ring is 1. The minimum absolute atomic E-state index is 0.0132. The van der Waals surface area contributed by atoms with Crippen LogP contribution in [0.2, 0.25) is 0 Å². The molecule has 2 nitrogen and oxygen atoms in total. The van der Waals surface area contributed by atoms with Gasteiger partial charge in [0.05, 0.1) is 11.4 Å². The van der Waals surface area contributed by atoms with Gasteiger partial charge in [-0.15, -0.1) is 0 Å². The maximum Gasteiger partial charge on any atom is 0.405 e. The Labute approximate surface area is 98.2 Å². The van der Waals surface area contributed by atoms with E-state index in [0.29, 0.717) is 11.4 Å². The monoisotopic (exact) mass is 244 g/mol. The quantitative estimate of drug-likeness (QED) is 0.828. The van der Waals surface area contributed by atoms with Crippen molar-refractivity contribution in [2.45, 2.75) is 32.0 Å². The number of rotatable bonds is 3. The Morgan fingerprint density at radius 3 is 2.53 bits per heavy atom. The Balaban J connectivity index is 2.29. The molecule has 1 aliphatic carbocycles. The van der Waals surface area contributed by atoms with Crippen molar-refractivity contribution in [1.82, 2.24) is 0 Å². The SMILES string of the molecule is Cc1ccc(N)c(N(CC(F)(F)F)C2CC2)c1. The van der Waals surface area contributed by atoms with Crippen LogP contribution in [-0.2, 0) is 0 Å². The van der Waals surface area contributed by atoms with Crippen molar-refractivity contribution in [3.8, 4) is 0 Å². The number of nitrogens with zero attached hydrogens (tertiary/aromatic N) is 1. The Hall–Kier alpha value is -1.39. The lowest BCUT2D eigenvalue weighted by molar-refractivity contribution is -0.119. The summed E-state index contributed by atoms with van der Waals surface area (Å²) < 4.78 is 37.6. The molecular weight excluding hydrogens is 229 g/mol. The van der Waals surface area contributed by atoms with Gasteiger partial charge in [-0.25, -0.2) is 0 Å². The van der Waals surface area contributed by atoms with Crippen LogP contribution in [0.1, 0.15) is 18.4 Å². The number of benzene rings is 1. The van der Waals surface area contributed by atoms with E-state index >= 15 is 0 Å². The van der Waals surface area contributed by atoms with Crippen LogP contribution < -0.4 is 10.6 Å². The van der Waals surface area contributed by atoms with Gasteiger partial charge in [-0.2, -0.15) is 13.2 Å².